The molecule has 1 N–H and O–H groups in total. The van der Waals surface area contributed by atoms with E-state index in [1.165, 1.54) is 5.56 Å². The first-order valence-electron chi connectivity index (χ1n) is 7.52. The van der Waals surface area contributed by atoms with Crippen LogP contribution >= 0.6 is 0 Å². The lowest BCUT2D eigenvalue weighted by Crippen LogP contribution is -2.49. The molecule has 1 aliphatic rings. The number of nitrogens with zero attached hydrogens (tertiary/aromatic N) is 1. The van der Waals surface area contributed by atoms with Gasteiger partial charge < -0.3 is 4.90 Å². The average molecular weight is 288 g/mol. The van der Waals surface area contributed by atoms with Crippen molar-refractivity contribution in [3.63, 3.8) is 0 Å². The second-order valence-electron chi connectivity index (χ2n) is 6.43. The molecule has 0 saturated carbocycles. The van der Waals surface area contributed by atoms with E-state index in [1.54, 1.807) is 0 Å². The van der Waals surface area contributed by atoms with Crippen LogP contribution in [0.15, 0.2) is 66.9 Å². The van der Waals surface area contributed by atoms with Gasteiger partial charge in [0.1, 0.15) is 13.4 Å². The molecular formula is C19H21BN2. The Morgan fingerprint density at radius 2 is 1.64 bits per heavy atom. The van der Waals surface area contributed by atoms with E-state index in [0.29, 0.717) is 0 Å². The van der Waals surface area contributed by atoms with E-state index >= 15 is 0 Å². The van der Waals surface area contributed by atoms with E-state index in [9.17, 15) is 0 Å². The van der Waals surface area contributed by atoms with Gasteiger partial charge in [0.05, 0.1) is 5.66 Å². The second-order valence-corrected chi connectivity index (χ2v) is 6.43. The molecule has 1 unspecified atom stereocenters. The maximum atomic E-state index is 6.04. The van der Waals surface area contributed by atoms with Crippen LogP contribution in [0.3, 0.4) is 0 Å². The van der Waals surface area contributed by atoms with Crippen molar-refractivity contribution in [2.75, 3.05) is 7.05 Å². The van der Waals surface area contributed by atoms with Gasteiger partial charge in [-0.2, -0.15) is 0 Å². The molecule has 2 aromatic carbocycles. The zero-order valence-electron chi connectivity index (χ0n) is 13.4. The van der Waals surface area contributed by atoms with Crippen molar-refractivity contribution < 1.29 is 0 Å². The first kappa shape index (κ1) is 14.9. The molecular weight excluding hydrogens is 267 g/mol. The number of rotatable bonds is 2. The first-order valence-corrected chi connectivity index (χ1v) is 7.52. The molecule has 1 fully saturated rings. The van der Waals surface area contributed by atoms with Crippen LogP contribution in [-0.2, 0) is 5.54 Å². The van der Waals surface area contributed by atoms with Gasteiger partial charge in [0.25, 0.3) is 0 Å². The van der Waals surface area contributed by atoms with Gasteiger partial charge in [-0.1, -0.05) is 66.6 Å². The first-order chi connectivity index (χ1) is 10.4. The van der Waals surface area contributed by atoms with Crippen molar-refractivity contribution in [2.45, 2.75) is 25.0 Å². The third kappa shape index (κ3) is 2.08. The molecule has 0 amide bonds. The van der Waals surface area contributed by atoms with Crippen molar-refractivity contribution in [3.05, 3.63) is 78.0 Å². The Morgan fingerprint density at radius 1 is 1.00 bits per heavy atom. The summed E-state index contributed by atoms with van der Waals surface area (Å²) in [4.78, 5) is 2.20. The van der Waals surface area contributed by atoms with Crippen LogP contribution in [-0.4, -0.2) is 25.5 Å². The van der Waals surface area contributed by atoms with Gasteiger partial charge in [0.15, 0.2) is 0 Å². The van der Waals surface area contributed by atoms with Gasteiger partial charge in [-0.05, 0) is 25.0 Å². The molecule has 1 saturated heterocycles. The molecule has 3 heteroatoms. The Labute approximate surface area is 134 Å². The summed E-state index contributed by atoms with van der Waals surface area (Å²) in [6.07, 6.45) is 0. The van der Waals surface area contributed by atoms with Crippen LogP contribution in [0.2, 0.25) is 0 Å². The molecule has 2 nitrogen and oxygen atoms in total. The Morgan fingerprint density at radius 3 is 2.18 bits per heavy atom. The smallest absolute Gasteiger partial charge is 0.113 e. The summed E-state index contributed by atoms with van der Waals surface area (Å²) in [6, 6.07) is 18.5. The highest BCUT2D eigenvalue weighted by atomic mass is 15.4. The monoisotopic (exact) mass is 288 g/mol. The normalized spacial score (nSPS) is 23.8. The molecule has 0 aliphatic carbocycles. The number of benzene rings is 2. The van der Waals surface area contributed by atoms with Crippen LogP contribution in [0.5, 0.6) is 0 Å². The van der Waals surface area contributed by atoms with Crippen LogP contribution in [0.25, 0.3) is 0 Å². The lowest BCUT2D eigenvalue weighted by atomic mass is 9.79. The zero-order valence-corrected chi connectivity index (χ0v) is 13.4. The van der Waals surface area contributed by atoms with Gasteiger partial charge in [-0.15, -0.1) is 0 Å². The maximum absolute atomic E-state index is 6.04. The van der Waals surface area contributed by atoms with Gasteiger partial charge in [0.2, 0.25) is 0 Å². The molecule has 0 aromatic heterocycles. The quantitative estimate of drug-likeness (QED) is 0.854. The van der Waals surface area contributed by atoms with Crippen molar-refractivity contribution >= 4 is 13.3 Å². The maximum Gasteiger partial charge on any atom is 0.113 e. The van der Waals surface area contributed by atoms with Crippen LogP contribution in [0.4, 0.5) is 0 Å². The van der Waals surface area contributed by atoms with Crippen molar-refractivity contribution in [1.29, 1.82) is 0 Å². The largest absolute Gasteiger partial charge is 0.359 e. The summed E-state index contributed by atoms with van der Waals surface area (Å²) in [5.41, 5.74) is 3.40. The molecule has 1 atom stereocenters. The lowest BCUT2D eigenvalue weighted by Gasteiger charge is -2.33. The Kier molecular flexibility index (Phi) is 3.41. The van der Waals surface area contributed by atoms with Gasteiger partial charge in [0, 0.05) is 12.7 Å². The van der Waals surface area contributed by atoms with E-state index in [0.717, 1.165) is 16.7 Å². The highest BCUT2D eigenvalue weighted by molar-refractivity contribution is 6.32. The molecule has 0 spiro atoms. The van der Waals surface area contributed by atoms with Gasteiger partial charge in [-0.3, -0.25) is 5.32 Å². The van der Waals surface area contributed by atoms with Crippen LogP contribution < -0.4 is 10.8 Å². The fourth-order valence-corrected chi connectivity index (χ4v) is 3.31. The summed E-state index contributed by atoms with van der Waals surface area (Å²) in [5.74, 6) is 0. The zero-order chi connectivity index (χ0) is 16.0. The third-order valence-corrected chi connectivity index (χ3v) is 4.70. The van der Waals surface area contributed by atoms with E-state index < -0.39 is 5.54 Å². The van der Waals surface area contributed by atoms with E-state index in [1.807, 2.05) is 24.3 Å². The van der Waals surface area contributed by atoms with Gasteiger partial charge >= 0.3 is 0 Å². The van der Waals surface area contributed by atoms with Crippen LogP contribution in [0, 0.1) is 0 Å². The lowest BCUT2D eigenvalue weighted by molar-refractivity contribution is 0.216. The molecule has 2 radical (unpaired) electrons. The summed E-state index contributed by atoms with van der Waals surface area (Å²) in [5, 5.41) is 3.77. The summed E-state index contributed by atoms with van der Waals surface area (Å²) in [7, 11) is 8.12. The average Bonchev–Trinajstić information content (AvgIpc) is 2.69. The van der Waals surface area contributed by atoms with Gasteiger partial charge in [-0.25, -0.2) is 0 Å². The standard InChI is InChI=1S/C19H21BN2/c1-14-19(15-9-6-5-7-10-15,21-18(2,3)22(14)4)16-11-8-12-17(20)13-16/h5-13,21H,1H2,2-4H3. The number of nitrogens with one attached hydrogen (secondary N) is 1. The topological polar surface area (TPSA) is 15.3 Å². The minimum atomic E-state index is -0.463. The number of hydrogen-bond donors (Lipinski definition) is 1. The molecule has 1 aliphatic heterocycles. The summed E-state index contributed by atoms with van der Waals surface area (Å²) >= 11 is 0. The summed E-state index contributed by atoms with van der Waals surface area (Å²) < 4.78 is 0. The summed E-state index contributed by atoms with van der Waals surface area (Å²) in [6.45, 7) is 8.71. The SMILES string of the molecule is [B]c1cccc(C2(c3ccccc3)NC(C)(C)N(C)C2=C)c1. The molecule has 2 aromatic rings. The number of hydrogen-bond acceptors (Lipinski definition) is 2. The third-order valence-electron chi connectivity index (χ3n) is 4.70. The van der Waals surface area contributed by atoms with E-state index in [-0.39, 0.29) is 5.66 Å². The molecule has 110 valence electrons. The molecule has 22 heavy (non-hydrogen) atoms. The second kappa shape index (κ2) is 5.03. The minimum absolute atomic E-state index is 0.197. The highest BCUT2D eigenvalue weighted by Crippen LogP contribution is 2.45. The predicted molar refractivity (Wildman–Crippen MR) is 93.2 cm³/mol. The van der Waals surface area contributed by atoms with Crippen molar-refractivity contribution in [2.24, 2.45) is 0 Å². The molecule has 3 rings (SSSR count). The van der Waals surface area contributed by atoms with E-state index in [2.05, 4.69) is 68.0 Å². The Bertz CT molecular complexity index is 708. The van der Waals surface area contributed by atoms with Crippen molar-refractivity contribution in [1.82, 2.24) is 10.2 Å². The fraction of sp³-hybridized carbons (Fsp3) is 0.263. The predicted octanol–water partition coefficient (Wildman–Crippen LogP) is 2.51. The Balaban J connectivity index is 2.27. The van der Waals surface area contributed by atoms with Crippen LogP contribution in [0.1, 0.15) is 25.0 Å². The molecule has 1 heterocycles. The molecule has 0 bridgehead atoms. The number of likely N-dealkylation sites (N-methyl/N-ethyl adjacent to an activating group) is 1. The van der Waals surface area contributed by atoms with E-state index in [4.69, 9.17) is 7.85 Å². The fourth-order valence-electron chi connectivity index (χ4n) is 3.31. The minimum Gasteiger partial charge on any atom is -0.359 e. The van der Waals surface area contributed by atoms with Crippen molar-refractivity contribution in [3.8, 4) is 0 Å². The Hall–Kier alpha value is -2.00. The highest BCUT2D eigenvalue weighted by Gasteiger charge is 2.51.